The van der Waals surface area contributed by atoms with Gasteiger partial charge in [0.25, 0.3) is 0 Å². The second-order valence-electron chi connectivity index (χ2n) is 10.5. The molecule has 2 heterocycles. The van der Waals surface area contributed by atoms with Gasteiger partial charge in [-0.15, -0.1) is 0 Å². The molecular formula is C24H29FN4O3. The van der Waals surface area contributed by atoms with Crippen LogP contribution in [-0.4, -0.2) is 45.6 Å². The molecule has 170 valence electrons. The summed E-state index contributed by atoms with van der Waals surface area (Å²) in [5.41, 5.74) is 6.93. The van der Waals surface area contributed by atoms with Gasteiger partial charge in [0.15, 0.2) is 0 Å². The number of fused-ring (bicyclic) bond motifs is 1. The summed E-state index contributed by atoms with van der Waals surface area (Å²) in [6.45, 7) is 3.10. The molecule has 7 nitrogen and oxygen atoms in total. The molecule has 1 aromatic carbocycles. The molecule has 0 radical (unpaired) electrons. The SMILES string of the molecule is Cc1nc2cc(F)ccc2n1[C@H]1CCN(C(=O)O[C@H]2C3CC4CC2C[C@@](C(N)=O)(C4)C3)C1. The summed E-state index contributed by atoms with van der Waals surface area (Å²) in [6, 6.07) is 4.75. The van der Waals surface area contributed by atoms with E-state index in [-0.39, 0.29) is 47.2 Å². The third-order valence-electron chi connectivity index (χ3n) is 8.56. The minimum Gasteiger partial charge on any atom is -0.446 e. The van der Waals surface area contributed by atoms with Crippen LogP contribution in [0.3, 0.4) is 0 Å². The maximum atomic E-state index is 13.6. The summed E-state index contributed by atoms with van der Waals surface area (Å²) in [6.07, 6.45) is 4.93. The van der Waals surface area contributed by atoms with Crippen molar-refractivity contribution < 1.29 is 18.7 Å². The molecule has 2 amide bonds. The number of primary amides is 1. The first-order valence-electron chi connectivity index (χ1n) is 11.7. The monoisotopic (exact) mass is 440 g/mol. The highest BCUT2D eigenvalue weighted by atomic mass is 19.1. The summed E-state index contributed by atoms with van der Waals surface area (Å²) >= 11 is 0. The summed E-state index contributed by atoms with van der Waals surface area (Å²) in [5.74, 6) is 1.37. The molecule has 4 saturated carbocycles. The zero-order valence-electron chi connectivity index (χ0n) is 18.3. The first kappa shape index (κ1) is 20.0. The molecule has 2 unspecified atom stereocenters. The van der Waals surface area contributed by atoms with Crippen LogP contribution in [0.25, 0.3) is 11.0 Å². The fourth-order valence-electron chi connectivity index (χ4n) is 7.43. The van der Waals surface area contributed by atoms with Crippen LogP contribution in [-0.2, 0) is 9.53 Å². The summed E-state index contributed by atoms with van der Waals surface area (Å²) in [4.78, 5) is 31.5. The van der Waals surface area contributed by atoms with E-state index in [2.05, 4.69) is 9.55 Å². The van der Waals surface area contributed by atoms with Crippen LogP contribution in [0.15, 0.2) is 18.2 Å². The van der Waals surface area contributed by atoms with Gasteiger partial charge in [0, 0.05) is 19.2 Å². The lowest BCUT2D eigenvalue weighted by Crippen LogP contribution is -2.59. The molecule has 4 bridgehead atoms. The minimum absolute atomic E-state index is 0.0923. The van der Waals surface area contributed by atoms with Gasteiger partial charge in [-0.2, -0.15) is 0 Å². The number of rotatable bonds is 3. The van der Waals surface area contributed by atoms with E-state index in [1.54, 1.807) is 11.0 Å². The fraction of sp³-hybridized carbons (Fsp3) is 0.625. The van der Waals surface area contributed by atoms with E-state index in [0.29, 0.717) is 24.5 Å². The van der Waals surface area contributed by atoms with Gasteiger partial charge >= 0.3 is 6.09 Å². The van der Waals surface area contributed by atoms with Crippen molar-refractivity contribution in [3.05, 3.63) is 29.8 Å². The molecule has 1 saturated heterocycles. The molecule has 2 aromatic rings. The quantitative estimate of drug-likeness (QED) is 0.790. The Morgan fingerprint density at radius 2 is 1.97 bits per heavy atom. The standard InChI is InChI=1S/C24H29FN4O3/c1-13-27-19-8-17(25)2-3-20(19)29(13)18-4-5-28(12-18)23(31)32-21-15-6-14-7-16(21)11-24(9-14,10-15)22(26)30/h2-3,8,14-16,18,21H,4-7,9-12H2,1H3,(H2,26,30)/t14?,15?,16?,18-,21-,24+/m0/s1. The molecule has 5 fully saturated rings. The highest BCUT2D eigenvalue weighted by molar-refractivity contribution is 5.81. The highest BCUT2D eigenvalue weighted by Crippen LogP contribution is 2.60. The lowest BCUT2D eigenvalue weighted by atomic mass is 9.48. The Morgan fingerprint density at radius 3 is 2.69 bits per heavy atom. The lowest BCUT2D eigenvalue weighted by Gasteiger charge is -2.58. The van der Waals surface area contributed by atoms with Gasteiger partial charge in [-0.3, -0.25) is 4.79 Å². The van der Waals surface area contributed by atoms with Gasteiger partial charge in [-0.05, 0) is 75.3 Å². The first-order valence-corrected chi connectivity index (χ1v) is 11.7. The van der Waals surface area contributed by atoms with Crippen molar-refractivity contribution in [2.75, 3.05) is 13.1 Å². The van der Waals surface area contributed by atoms with E-state index < -0.39 is 0 Å². The molecule has 32 heavy (non-hydrogen) atoms. The van der Waals surface area contributed by atoms with Gasteiger partial charge in [0.2, 0.25) is 5.91 Å². The third kappa shape index (κ3) is 2.94. The number of hydrogen-bond acceptors (Lipinski definition) is 4. The topological polar surface area (TPSA) is 90.4 Å². The average molecular weight is 441 g/mol. The summed E-state index contributed by atoms with van der Waals surface area (Å²) < 4.78 is 21.8. The van der Waals surface area contributed by atoms with E-state index in [1.165, 1.54) is 12.1 Å². The van der Waals surface area contributed by atoms with Crippen molar-refractivity contribution in [1.29, 1.82) is 0 Å². The van der Waals surface area contributed by atoms with E-state index in [1.807, 2.05) is 6.92 Å². The number of nitrogens with zero attached hydrogens (tertiary/aromatic N) is 3. The second-order valence-corrected chi connectivity index (χ2v) is 10.5. The first-order chi connectivity index (χ1) is 15.3. The number of nitrogens with two attached hydrogens (primary N) is 1. The largest absolute Gasteiger partial charge is 0.446 e. The molecule has 1 aromatic heterocycles. The predicted molar refractivity (Wildman–Crippen MR) is 115 cm³/mol. The van der Waals surface area contributed by atoms with Gasteiger partial charge in [0.1, 0.15) is 17.7 Å². The number of aryl methyl sites for hydroxylation is 1. The Morgan fingerprint density at radius 1 is 1.22 bits per heavy atom. The lowest BCUT2D eigenvalue weighted by molar-refractivity contribution is -0.161. The molecule has 4 aliphatic carbocycles. The summed E-state index contributed by atoms with van der Waals surface area (Å²) in [7, 11) is 0. The van der Waals surface area contributed by atoms with Gasteiger partial charge in [0.05, 0.1) is 22.5 Å². The number of carbonyl (C=O) groups is 2. The number of carbonyl (C=O) groups excluding carboxylic acids is 2. The number of imidazole rings is 1. The number of benzene rings is 1. The normalized spacial score (nSPS) is 35.6. The summed E-state index contributed by atoms with van der Waals surface area (Å²) in [5, 5.41) is 0. The smallest absolute Gasteiger partial charge is 0.410 e. The molecule has 5 aliphatic rings. The van der Waals surface area contributed by atoms with Crippen LogP contribution < -0.4 is 5.73 Å². The molecule has 3 atom stereocenters. The Labute approximate surface area is 186 Å². The van der Waals surface area contributed by atoms with Crippen LogP contribution in [0.4, 0.5) is 9.18 Å². The Balaban J connectivity index is 1.16. The Bertz CT molecular complexity index is 1100. The van der Waals surface area contributed by atoms with Gasteiger partial charge < -0.3 is 19.9 Å². The maximum absolute atomic E-state index is 13.6. The highest BCUT2D eigenvalue weighted by Gasteiger charge is 2.59. The molecule has 2 N–H and O–H groups in total. The Kier molecular flexibility index (Phi) is 4.33. The zero-order chi connectivity index (χ0) is 22.2. The number of halogens is 1. The van der Waals surface area contributed by atoms with Crippen LogP contribution in [0.2, 0.25) is 0 Å². The molecule has 1 aliphatic heterocycles. The number of likely N-dealkylation sites (tertiary alicyclic amines) is 1. The van der Waals surface area contributed by atoms with E-state index in [9.17, 15) is 14.0 Å². The number of amides is 2. The third-order valence-corrected chi connectivity index (χ3v) is 8.56. The number of aromatic nitrogens is 2. The van der Waals surface area contributed by atoms with Gasteiger partial charge in [-0.25, -0.2) is 14.2 Å². The van der Waals surface area contributed by atoms with Crippen LogP contribution in [0.1, 0.15) is 50.4 Å². The van der Waals surface area contributed by atoms with Crippen molar-refractivity contribution in [2.45, 2.75) is 57.6 Å². The zero-order valence-corrected chi connectivity index (χ0v) is 18.3. The molecule has 8 heteroatoms. The van der Waals surface area contributed by atoms with Crippen molar-refractivity contribution in [1.82, 2.24) is 14.5 Å². The van der Waals surface area contributed by atoms with Crippen LogP contribution in [0, 0.1) is 35.9 Å². The van der Waals surface area contributed by atoms with E-state index in [0.717, 1.165) is 49.9 Å². The molecule has 7 rings (SSSR count). The average Bonchev–Trinajstić information content (AvgIpc) is 3.33. The maximum Gasteiger partial charge on any atom is 0.410 e. The predicted octanol–water partition coefficient (Wildman–Crippen LogP) is 3.55. The minimum atomic E-state index is -0.377. The molecular weight excluding hydrogens is 411 g/mol. The number of hydrogen-bond donors (Lipinski definition) is 1. The van der Waals surface area contributed by atoms with Crippen molar-refractivity contribution in [3.63, 3.8) is 0 Å². The Hall–Kier alpha value is -2.64. The van der Waals surface area contributed by atoms with Crippen molar-refractivity contribution in [2.24, 2.45) is 28.9 Å². The molecule has 0 spiro atoms. The van der Waals surface area contributed by atoms with E-state index in [4.69, 9.17) is 10.5 Å². The van der Waals surface area contributed by atoms with Gasteiger partial charge in [-0.1, -0.05) is 0 Å². The van der Waals surface area contributed by atoms with E-state index >= 15 is 0 Å². The van der Waals surface area contributed by atoms with Crippen LogP contribution >= 0.6 is 0 Å². The van der Waals surface area contributed by atoms with Crippen molar-refractivity contribution >= 4 is 23.0 Å². The fourth-order valence-corrected chi connectivity index (χ4v) is 7.43. The second kappa shape index (κ2) is 6.93. The van der Waals surface area contributed by atoms with Crippen LogP contribution in [0.5, 0.6) is 0 Å². The van der Waals surface area contributed by atoms with Crippen molar-refractivity contribution in [3.8, 4) is 0 Å². The number of ether oxygens (including phenoxy) is 1.